The van der Waals surface area contributed by atoms with E-state index in [0.29, 0.717) is 18.3 Å². The van der Waals surface area contributed by atoms with Gasteiger partial charge in [-0.25, -0.2) is 15.0 Å². The largest absolute Gasteiger partial charge is 0.383 e. The Kier molecular flexibility index (Phi) is 4.13. The second-order valence-electron chi connectivity index (χ2n) is 7.95. The molecule has 2 aromatic heterocycles. The van der Waals surface area contributed by atoms with Crippen molar-refractivity contribution in [2.75, 3.05) is 12.0 Å². The Balaban J connectivity index is 1.65. The van der Waals surface area contributed by atoms with Gasteiger partial charge in [0, 0.05) is 31.4 Å². The Morgan fingerprint density at radius 2 is 1.93 bits per heavy atom. The molecular weight excluding hydrogens is 364 g/mol. The van der Waals surface area contributed by atoms with Gasteiger partial charge in [-0.15, -0.1) is 0 Å². The molecule has 0 radical (unpaired) electrons. The first-order chi connectivity index (χ1) is 14.1. The third-order valence-electron chi connectivity index (χ3n) is 5.85. The zero-order valence-electron chi connectivity index (χ0n) is 16.6. The molecule has 29 heavy (non-hydrogen) atoms. The number of nitrogens with one attached hydrogen (secondary N) is 1. The van der Waals surface area contributed by atoms with E-state index >= 15 is 0 Å². The van der Waals surface area contributed by atoms with E-state index < -0.39 is 6.17 Å². The van der Waals surface area contributed by atoms with Crippen LogP contribution >= 0.6 is 0 Å². The molecule has 3 aromatic rings. The Labute approximate surface area is 169 Å². The van der Waals surface area contributed by atoms with Gasteiger partial charge < -0.3 is 15.5 Å². The molecule has 0 saturated heterocycles. The number of hydrogen-bond acceptors (Lipinski definition) is 6. The number of hydrogen-bond donors (Lipinski definition) is 2. The number of fused-ring (bicyclic) bond motifs is 1. The lowest BCUT2D eigenvalue weighted by atomic mass is 9.95. The molecule has 7 heteroatoms. The SMILES string of the molecule is COCc1ccc(N2c3[nH]cc(C4(C)CC4)c3C(N)=NC2c2ncccn2)cc1. The van der Waals surface area contributed by atoms with Gasteiger partial charge in [-0.3, -0.25) is 4.90 Å². The number of amidine groups is 1. The molecular formula is C22H24N6O. The van der Waals surface area contributed by atoms with E-state index in [-0.39, 0.29) is 5.41 Å². The van der Waals surface area contributed by atoms with E-state index in [0.717, 1.165) is 22.6 Å². The van der Waals surface area contributed by atoms with Crippen LogP contribution in [-0.4, -0.2) is 27.9 Å². The third-order valence-corrected chi connectivity index (χ3v) is 5.85. The van der Waals surface area contributed by atoms with Crippen LogP contribution in [0.1, 0.15) is 48.4 Å². The molecule has 1 atom stereocenters. The molecule has 0 bridgehead atoms. The van der Waals surface area contributed by atoms with Gasteiger partial charge in [0.25, 0.3) is 0 Å². The van der Waals surface area contributed by atoms with Crippen molar-refractivity contribution < 1.29 is 4.74 Å². The van der Waals surface area contributed by atoms with Crippen molar-refractivity contribution in [1.29, 1.82) is 0 Å². The fraction of sp³-hybridized carbons (Fsp3) is 0.318. The van der Waals surface area contributed by atoms with Crippen molar-refractivity contribution in [1.82, 2.24) is 15.0 Å². The highest BCUT2D eigenvalue weighted by Gasteiger charge is 2.45. The highest BCUT2D eigenvalue weighted by atomic mass is 16.5. The van der Waals surface area contributed by atoms with Crippen molar-refractivity contribution in [2.24, 2.45) is 10.7 Å². The zero-order chi connectivity index (χ0) is 20.0. The smallest absolute Gasteiger partial charge is 0.189 e. The molecule has 1 aliphatic heterocycles. The molecule has 0 spiro atoms. The summed E-state index contributed by atoms with van der Waals surface area (Å²) in [5.74, 6) is 2.09. The van der Waals surface area contributed by atoms with Crippen molar-refractivity contribution in [3.63, 3.8) is 0 Å². The number of aromatic amines is 1. The number of H-pyrrole nitrogens is 1. The van der Waals surface area contributed by atoms with Crippen molar-refractivity contribution >= 4 is 17.3 Å². The Morgan fingerprint density at radius 1 is 1.21 bits per heavy atom. The minimum absolute atomic E-state index is 0.175. The lowest BCUT2D eigenvalue weighted by molar-refractivity contribution is 0.185. The fourth-order valence-electron chi connectivity index (χ4n) is 3.98. The molecule has 148 valence electrons. The van der Waals surface area contributed by atoms with Crippen molar-refractivity contribution in [3.05, 3.63) is 71.4 Å². The molecule has 0 amide bonds. The summed E-state index contributed by atoms with van der Waals surface area (Å²) in [7, 11) is 1.70. The number of nitrogens with zero attached hydrogens (tertiary/aromatic N) is 4. The van der Waals surface area contributed by atoms with E-state index in [4.69, 9.17) is 15.5 Å². The van der Waals surface area contributed by atoms with Gasteiger partial charge in [0.2, 0.25) is 0 Å². The highest BCUT2D eigenvalue weighted by Crippen LogP contribution is 2.52. The van der Waals surface area contributed by atoms with Gasteiger partial charge in [-0.1, -0.05) is 19.1 Å². The van der Waals surface area contributed by atoms with Crippen LogP contribution in [0.4, 0.5) is 11.5 Å². The van der Waals surface area contributed by atoms with E-state index in [1.165, 1.54) is 18.4 Å². The van der Waals surface area contributed by atoms with Gasteiger partial charge in [0.1, 0.15) is 11.7 Å². The van der Waals surface area contributed by atoms with Gasteiger partial charge in [-0.05, 0) is 47.6 Å². The van der Waals surface area contributed by atoms with E-state index in [9.17, 15) is 0 Å². The molecule has 1 saturated carbocycles. The summed E-state index contributed by atoms with van der Waals surface area (Å²) in [4.78, 5) is 19.3. The number of aromatic nitrogens is 3. The molecule has 1 unspecified atom stereocenters. The standard InChI is InChI=1S/C22H24N6O/c1-22(8-9-22)16-12-26-20-17(16)18(23)27-21(19-24-10-3-11-25-19)28(20)15-6-4-14(5-7-15)13-29-2/h3-7,10-12,21,26H,8-9,13H2,1-2H3,(H2,23,27). The first kappa shape index (κ1) is 17.9. The first-order valence-corrected chi connectivity index (χ1v) is 9.80. The maximum Gasteiger partial charge on any atom is 0.189 e. The molecule has 1 fully saturated rings. The van der Waals surface area contributed by atoms with Crippen LogP contribution in [0.5, 0.6) is 0 Å². The fourth-order valence-corrected chi connectivity index (χ4v) is 3.98. The number of rotatable bonds is 5. The molecule has 2 aliphatic rings. The molecule has 1 aliphatic carbocycles. The number of benzene rings is 1. The Bertz CT molecular complexity index is 1050. The molecule has 7 nitrogen and oxygen atoms in total. The van der Waals surface area contributed by atoms with E-state index in [2.05, 4.69) is 57.2 Å². The molecule has 3 heterocycles. The lowest BCUT2D eigenvalue weighted by Gasteiger charge is -2.34. The van der Waals surface area contributed by atoms with Crippen LogP contribution in [0.2, 0.25) is 0 Å². The van der Waals surface area contributed by atoms with Crippen molar-refractivity contribution in [2.45, 2.75) is 38.0 Å². The zero-order valence-corrected chi connectivity index (χ0v) is 16.6. The lowest BCUT2D eigenvalue weighted by Crippen LogP contribution is -2.34. The third kappa shape index (κ3) is 2.98. The summed E-state index contributed by atoms with van der Waals surface area (Å²) in [5.41, 5.74) is 11.0. The minimum Gasteiger partial charge on any atom is -0.383 e. The predicted molar refractivity (Wildman–Crippen MR) is 112 cm³/mol. The van der Waals surface area contributed by atoms with Gasteiger partial charge in [0.15, 0.2) is 12.0 Å². The highest BCUT2D eigenvalue weighted by molar-refractivity contribution is 6.06. The maximum absolute atomic E-state index is 6.48. The number of aliphatic imine (C=N–C) groups is 1. The maximum atomic E-state index is 6.48. The summed E-state index contributed by atoms with van der Waals surface area (Å²) in [6.07, 6.45) is 7.45. The number of nitrogens with two attached hydrogens (primary N) is 1. The average Bonchev–Trinajstić information content (AvgIpc) is 3.32. The Hall–Kier alpha value is -3.19. The van der Waals surface area contributed by atoms with Crippen LogP contribution in [0.3, 0.4) is 0 Å². The van der Waals surface area contributed by atoms with Crippen LogP contribution < -0.4 is 10.6 Å². The number of ether oxygens (including phenoxy) is 1. The van der Waals surface area contributed by atoms with Gasteiger partial charge >= 0.3 is 0 Å². The van der Waals surface area contributed by atoms with Crippen LogP contribution in [0, 0.1) is 0 Å². The molecule has 5 rings (SSSR count). The molecule has 3 N–H and O–H groups in total. The molecule has 1 aromatic carbocycles. The second-order valence-corrected chi connectivity index (χ2v) is 7.95. The average molecular weight is 388 g/mol. The normalized spacial score (nSPS) is 19.6. The summed E-state index contributed by atoms with van der Waals surface area (Å²) in [6.45, 7) is 2.85. The summed E-state index contributed by atoms with van der Waals surface area (Å²) >= 11 is 0. The Morgan fingerprint density at radius 3 is 2.59 bits per heavy atom. The first-order valence-electron chi connectivity index (χ1n) is 9.80. The monoisotopic (exact) mass is 388 g/mol. The second kappa shape index (κ2) is 6.70. The summed E-state index contributed by atoms with van der Waals surface area (Å²) in [5, 5.41) is 0. The van der Waals surface area contributed by atoms with Crippen LogP contribution in [0.15, 0.2) is 53.9 Å². The van der Waals surface area contributed by atoms with E-state index in [1.807, 2.05) is 0 Å². The van der Waals surface area contributed by atoms with Crippen LogP contribution in [0.25, 0.3) is 0 Å². The summed E-state index contributed by atoms with van der Waals surface area (Å²) in [6, 6.07) is 10.1. The van der Waals surface area contributed by atoms with E-state index in [1.54, 1.807) is 25.6 Å². The minimum atomic E-state index is -0.435. The predicted octanol–water partition coefficient (Wildman–Crippen LogP) is 3.56. The van der Waals surface area contributed by atoms with Crippen molar-refractivity contribution in [3.8, 4) is 0 Å². The number of methoxy groups -OCH3 is 1. The van der Waals surface area contributed by atoms with Gasteiger partial charge in [-0.2, -0.15) is 0 Å². The topological polar surface area (TPSA) is 92.4 Å². The summed E-state index contributed by atoms with van der Waals surface area (Å²) < 4.78 is 5.24. The quantitative estimate of drug-likeness (QED) is 0.697. The number of anilines is 2. The van der Waals surface area contributed by atoms with Gasteiger partial charge in [0.05, 0.1) is 12.2 Å². The van der Waals surface area contributed by atoms with Crippen LogP contribution in [-0.2, 0) is 16.8 Å².